The number of rotatable bonds is 5. The van der Waals surface area contributed by atoms with E-state index in [4.69, 9.17) is 0 Å². The van der Waals surface area contributed by atoms with Gasteiger partial charge in [0, 0.05) is 25.3 Å². The van der Waals surface area contributed by atoms with Crippen LogP contribution in [0.4, 0.5) is 4.39 Å². The van der Waals surface area contributed by atoms with Crippen molar-refractivity contribution in [3.05, 3.63) is 29.8 Å². The van der Waals surface area contributed by atoms with Crippen molar-refractivity contribution in [2.24, 2.45) is 0 Å². The summed E-state index contributed by atoms with van der Waals surface area (Å²) in [5.41, 5.74) is 0.904. The Bertz CT molecular complexity index is 364. The molecule has 0 bridgehead atoms. The summed E-state index contributed by atoms with van der Waals surface area (Å²) in [5.74, 6) is -0.265. The zero-order chi connectivity index (χ0) is 12.8. The van der Waals surface area contributed by atoms with Crippen LogP contribution in [0.3, 0.4) is 0 Å². The lowest BCUT2D eigenvalue weighted by molar-refractivity contribution is 0.170. The van der Waals surface area contributed by atoms with Crippen molar-refractivity contribution in [3.8, 4) is 0 Å². The lowest BCUT2D eigenvalue weighted by Crippen LogP contribution is -2.42. The van der Waals surface area contributed by atoms with Gasteiger partial charge < -0.3 is 5.32 Å². The van der Waals surface area contributed by atoms with Gasteiger partial charge in [-0.3, -0.25) is 9.88 Å². The lowest BCUT2D eigenvalue weighted by atomic mass is 10.1. The minimum Gasteiger partial charge on any atom is -0.311 e. The van der Waals surface area contributed by atoms with Crippen LogP contribution in [-0.2, 0) is 6.54 Å². The van der Waals surface area contributed by atoms with Crippen LogP contribution in [-0.4, -0.2) is 35.6 Å². The molecule has 1 unspecified atom stereocenters. The Hall–Kier alpha value is -1.00. The van der Waals surface area contributed by atoms with Crippen LogP contribution in [0.25, 0.3) is 0 Å². The number of likely N-dealkylation sites (tertiary alicyclic amines) is 1. The van der Waals surface area contributed by atoms with Crippen molar-refractivity contribution in [3.63, 3.8) is 0 Å². The molecular weight excluding hydrogens is 229 g/mol. The van der Waals surface area contributed by atoms with Crippen LogP contribution >= 0.6 is 0 Å². The van der Waals surface area contributed by atoms with Crippen LogP contribution in [0.5, 0.6) is 0 Å². The number of hydrogen-bond donors (Lipinski definition) is 1. The second-order valence-corrected chi connectivity index (χ2v) is 5.09. The summed E-state index contributed by atoms with van der Waals surface area (Å²) < 4.78 is 12.9. The highest BCUT2D eigenvalue weighted by Crippen LogP contribution is 2.11. The topological polar surface area (TPSA) is 28.2 Å². The third kappa shape index (κ3) is 4.03. The maximum Gasteiger partial charge on any atom is 0.141 e. The van der Waals surface area contributed by atoms with Crippen molar-refractivity contribution in [1.29, 1.82) is 0 Å². The molecular formula is C14H22FN3. The summed E-state index contributed by atoms with van der Waals surface area (Å²) >= 11 is 0. The zero-order valence-corrected chi connectivity index (χ0v) is 11.0. The summed E-state index contributed by atoms with van der Waals surface area (Å²) in [4.78, 5) is 6.37. The minimum absolute atomic E-state index is 0.265. The van der Waals surface area contributed by atoms with E-state index < -0.39 is 0 Å². The normalized spacial score (nSPS) is 18.8. The fraction of sp³-hybridized carbons (Fsp3) is 0.643. The second kappa shape index (κ2) is 6.81. The van der Waals surface area contributed by atoms with Crippen LogP contribution in [0.2, 0.25) is 0 Å². The molecule has 0 spiro atoms. The van der Waals surface area contributed by atoms with E-state index in [9.17, 15) is 4.39 Å². The van der Waals surface area contributed by atoms with E-state index in [1.165, 1.54) is 44.6 Å². The van der Waals surface area contributed by atoms with Gasteiger partial charge in [-0.25, -0.2) is 4.39 Å². The molecule has 1 saturated heterocycles. The Balaban J connectivity index is 1.71. The molecule has 4 heteroatoms. The number of aromatic nitrogens is 1. The first kappa shape index (κ1) is 13.4. The molecule has 1 atom stereocenters. The molecule has 0 aliphatic carbocycles. The highest BCUT2D eigenvalue weighted by molar-refractivity contribution is 5.09. The smallest absolute Gasteiger partial charge is 0.141 e. The fourth-order valence-corrected chi connectivity index (χ4v) is 2.47. The first-order chi connectivity index (χ1) is 8.75. The van der Waals surface area contributed by atoms with Crippen molar-refractivity contribution in [2.45, 2.75) is 38.8 Å². The Morgan fingerprint density at radius 3 is 2.83 bits per heavy atom. The maximum absolute atomic E-state index is 12.9. The monoisotopic (exact) mass is 251 g/mol. The van der Waals surface area contributed by atoms with E-state index in [-0.39, 0.29) is 5.82 Å². The van der Waals surface area contributed by atoms with E-state index in [1.807, 2.05) is 0 Å². The van der Waals surface area contributed by atoms with Crippen LogP contribution in [0.15, 0.2) is 18.5 Å². The van der Waals surface area contributed by atoms with Gasteiger partial charge in [0.1, 0.15) is 5.82 Å². The zero-order valence-electron chi connectivity index (χ0n) is 11.0. The summed E-state index contributed by atoms with van der Waals surface area (Å²) in [6, 6.07) is 2.08. The van der Waals surface area contributed by atoms with Gasteiger partial charge in [-0.05, 0) is 44.5 Å². The second-order valence-electron chi connectivity index (χ2n) is 5.09. The number of hydrogen-bond acceptors (Lipinski definition) is 3. The average Bonchev–Trinajstić information content (AvgIpc) is 2.40. The Kier molecular flexibility index (Phi) is 5.08. The van der Waals surface area contributed by atoms with Gasteiger partial charge >= 0.3 is 0 Å². The van der Waals surface area contributed by atoms with Gasteiger partial charge in [0.25, 0.3) is 0 Å². The summed E-state index contributed by atoms with van der Waals surface area (Å²) in [5, 5.41) is 3.38. The quantitative estimate of drug-likeness (QED) is 0.869. The van der Waals surface area contributed by atoms with Crippen molar-refractivity contribution >= 4 is 0 Å². The third-order valence-electron chi connectivity index (χ3n) is 3.54. The predicted molar refractivity (Wildman–Crippen MR) is 70.8 cm³/mol. The summed E-state index contributed by atoms with van der Waals surface area (Å²) in [7, 11) is 0. The molecule has 1 N–H and O–H groups in total. The van der Waals surface area contributed by atoms with Crippen molar-refractivity contribution in [1.82, 2.24) is 15.2 Å². The molecule has 0 amide bonds. The molecule has 2 rings (SSSR count). The molecule has 0 saturated carbocycles. The first-order valence-electron chi connectivity index (χ1n) is 6.80. The average molecular weight is 251 g/mol. The van der Waals surface area contributed by atoms with Gasteiger partial charge in [-0.1, -0.05) is 6.42 Å². The van der Waals surface area contributed by atoms with E-state index in [1.54, 1.807) is 6.20 Å². The van der Waals surface area contributed by atoms with Crippen molar-refractivity contribution in [2.75, 3.05) is 19.6 Å². The molecule has 0 aromatic carbocycles. The van der Waals surface area contributed by atoms with Gasteiger partial charge in [0.2, 0.25) is 0 Å². The van der Waals surface area contributed by atoms with Gasteiger partial charge in [0.05, 0.1) is 6.20 Å². The largest absolute Gasteiger partial charge is 0.311 e. The molecule has 1 aliphatic heterocycles. The van der Waals surface area contributed by atoms with E-state index in [2.05, 4.69) is 22.1 Å². The minimum atomic E-state index is -0.265. The SMILES string of the molecule is CC(CNCc1cncc(F)c1)N1CCCCC1. The summed E-state index contributed by atoms with van der Waals surface area (Å²) in [6.07, 6.45) is 6.95. The van der Waals surface area contributed by atoms with Gasteiger partial charge in [0.15, 0.2) is 0 Å². The number of pyridine rings is 1. The van der Waals surface area contributed by atoms with E-state index in [0.29, 0.717) is 12.6 Å². The fourth-order valence-electron chi connectivity index (χ4n) is 2.47. The number of piperidine rings is 1. The molecule has 1 aliphatic rings. The molecule has 0 radical (unpaired) electrons. The highest BCUT2D eigenvalue weighted by atomic mass is 19.1. The Morgan fingerprint density at radius 2 is 2.11 bits per heavy atom. The van der Waals surface area contributed by atoms with Crippen molar-refractivity contribution < 1.29 is 4.39 Å². The Morgan fingerprint density at radius 1 is 1.33 bits per heavy atom. The van der Waals surface area contributed by atoms with E-state index in [0.717, 1.165) is 12.1 Å². The number of halogens is 1. The standard InChI is InChI=1S/C14H22FN3/c1-12(18-5-3-2-4-6-18)8-16-9-13-7-14(15)11-17-10-13/h7,10-12,16H,2-6,8-9H2,1H3. The van der Waals surface area contributed by atoms with Crippen LogP contribution < -0.4 is 5.32 Å². The third-order valence-corrected chi connectivity index (χ3v) is 3.54. The lowest BCUT2D eigenvalue weighted by Gasteiger charge is -2.32. The van der Waals surface area contributed by atoms with Gasteiger partial charge in [-0.2, -0.15) is 0 Å². The Labute approximate surface area is 108 Å². The molecule has 2 heterocycles. The maximum atomic E-state index is 12.9. The number of nitrogens with one attached hydrogen (secondary N) is 1. The number of nitrogens with zero attached hydrogens (tertiary/aromatic N) is 2. The molecule has 1 aromatic rings. The predicted octanol–water partition coefficient (Wildman–Crippen LogP) is 2.18. The molecule has 3 nitrogen and oxygen atoms in total. The van der Waals surface area contributed by atoms with Crippen LogP contribution in [0.1, 0.15) is 31.7 Å². The molecule has 100 valence electrons. The summed E-state index contributed by atoms with van der Waals surface area (Å²) in [6.45, 7) is 6.30. The first-order valence-corrected chi connectivity index (χ1v) is 6.80. The van der Waals surface area contributed by atoms with Gasteiger partial charge in [-0.15, -0.1) is 0 Å². The molecule has 18 heavy (non-hydrogen) atoms. The van der Waals surface area contributed by atoms with Crippen LogP contribution in [0, 0.1) is 5.82 Å². The molecule has 1 aromatic heterocycles. The van der Waals surface area contributed by atoms with E-state index >= 15 is 0 Å². The molecule has 1 fully saturated rings. The highest BCUT2D eigenvalue weighted by Gasteiger charge is 2.15.